The molecule has 3 saturated heterocycles. The smallest absolute Gasteiger partial charge is 0.308 e. The minimum atomic E-state index is -2.25. The first-order valence-corrected chi connectivity index (χ1v) is 25.0. The molecule has 19 heteroatoms. The highest BCUT2D eigenvalue weighted by atomic mass is 16.7. The number of nitrogens with two attached hydrogens (primary N) is 1. The van der Waals surface area contributed by atoms with E-state index in [-0.39, 0.29) is 31.6 Å². The molecular formula is C52H83N3O16. The zero-order chi connectivity index (χ0) is 52.4. The second kappa shape index (κ2) is 29.4. The number of nitrogens with zero attached hydrogens (tertiary/aromatic N) is 2. The Morgan fingerprint density at radius 2 is 1.24 bits per heavy atom. The third-order valence-electron chi connectivity index (χ3n) is 13.8. The molecule has 1 amide bonds. The molecule has 4 aliphatic rings. The van der Waals surface area contributed by atoms with Gasteiger partial charge in [-0.3, -0.25) is 9.59 Å². The summed E-state index contributed by atoms with van der Waals surface area (Å²) in [5.41, 5.74) is 6.13. The summed E-state index contributed by atoms with van der Waals surface area (Å²) in [7, 11) is 1.93. The van der Waals surface area contributed by atoms with E-state index in [9.17, 15) is 60.7 Å². The van der Waals surface area contributed by atoms with Crippen molar-refractivity contribution in [3.05, 3.63) is 85.1 Å². The molecule has 0 radical (unpaired) electrons. The molecule has 71 heavy (non-hydrogen) atoms. The highest BCUT2D eigenvalue weighted by Gasteiger charge is 2.52. The molecule has 12 N–H and O–H groups in total. The molecule has 402 valence electrons. The van der Waals surface area contributed by atoms with Gasteiger partial charge in [-0.05, 0) is 40.2 Å². The van der Waals surface area contributed by atoms with Crippen LogP contribution in [0.2, 0.25) is 0 Å². The van der Waals surface area contributed by atoms with Crippen LogP contribution in [-0.2, 0) is 28.5 Å². The summed E-state index contributed by atoms with van der Waals surface area (Å²) in [6.07, 6.45) is 5.26. The Bertz CT molecular complexity index is 1840. The molecule has 0 unspecified atom stereocenters. The number of piperazine rings is 1. The summed E-state index contributed by atoms with van der Waals surface area (Å²) in [6.45, 7) is 8.76. The summed E-state index contributed by atoms with van der Waals surface area (Å²) in [5.74, 6) is -5.31. The summed E-state index contributed by atoms with van der Waals surface area (Å²) < 4.78 is 23.9. The fourth-order valence-electron chi connectivity index (χ4n) is 9.21. The molecule has 0 aromatic carbocycles. The Morgan fingerprint density at radius 1 is 0.662 bits per heavy atom. The number of carbonyl (C=O) groups is 2. The molecule has 0 aromatic heterocycles. The molecule has 4 aliphatic heterocycles. The number of aliphatic hydroxyl groups excluding tert-OH is 9. The standard InChI is InChI=1S/C52H83N3O16/c1-32-18-16-14-12-10-8-6-7-9-11-13-15-17-19-39(70-51-49(65)46(53)48(64)35(4)69-51)29-43-45(50(66)55-24-22-54(5)23-25-55)42(61)31-52(67,71-43)30-38(58)27-41(60)40(59)21-20-36(56)26-37(57)28-44(62)68-34(3)33(2)47(32)63/h6-19,32-43,45-49,51,56-61,63-65,67H,20-31,53H2,1-5H3/t32-,33-,34-,35+,36+,37+,38-,39-,40+,41+,42-,43-,45+,46-,47+,48+,49-,51-,52+/m0/s1. The molecule has 3 fully saturated rings. The van der Waals surface area contributed by atoms with Gasteiger partial charge in [0.05, 0.1) is 85.5 Å². The van der Waals surface area contributed by atoms with Gasteiger partial charge in [0.1, 0.15) is 12.2 Å². The number of carbonyl (C=O) groups excluding carboxylic acids is 2. The maximum atomic E-state index is 14.3. The molecule has 4 heterocycles. The summed E-state index contributed by atoms with van der Waals surface area (Å²) >= 11 is 0. The van der Waals surface area contributed by atoms with Crippen molar-refractivity contribution in [3.8, 4) is 0 Å². The van der Waals surface area contributed by atoms with Crippen LogP contribution in [0.4, 0.5) is 0 Å². The van der Waals surface area contributed by atoms with E-state index >= 15 is 0 Å². The Balaban J connectivity index is 1.61. The number of hydrogen-bond acceptors (Lipinski definition) is 18. The fraction of sp³-hybridized carbons (Fsp3) is 0.692. The van der Waals surface area contributed by atoms with Crippen molar-refractivity contribution in [2.45, 2.75) is 177 Å². The zero-order valence-electron chi connectivity index (χ0n) is 41.9. The van der Waals surface area contributed by atoms with E-state index in [0.717, 1.165) is 0 Å². The van der Waals surface area contributed by atoms with Crippen LogP contribution in [0.15, 0.2) is 85.1 Å². The molecular weight excluding hydrogens is 923 g/mol. The number of aliphatic hydroxyl groups is 10. The van der Waals surface area contributed by atoms with Crippen LogP contribution in [0.1, 0.15) is 79.1 Å². The fourth-order valence-corrected chi connectivity index (χ4v) is 9.21. The van der Waals surface area contributed by atoms with Gasteiger partial charge in [0.2, 0.25) is 5.91 Å². The molecule has 2 bridgehead atoms. The Kier molecular flexibility index (Phi) is 24.9. The van der Waals surface area contributed by atoms with Crippen LogP contribution in [0.5, 0.6) is 0 Å². The second-order valence-electron chi connectivity index (χ2n) is 19.9. The minimum absolute atomic E-state index is 0.0871. The van der Waals surface area contributed by atoms with Gasteiger partial charge < -0.3 is 85.5 Å². The van der Waals surface area contributed by atoms with Crippen LogP contribution in [0.3, 0.4) is 0 Å². The van der Waals surface area contributed by atoms with E-state index in [4.69, 9.17) is 24.7 Å². The van der Waals surface area contributed by atoms with Crippen molar-refractivity contribution in [3.63, 3.8) is 0 Å². The number of cyclic esters (lactones) is 1. The third kappa shape index (κ3) is 19.4. The lowest BCUT2D eigenvalue weighted by atomic mass is 9.81. The van der Waals surface area contributed by atoms with E-state index in [1.807, 2.05) is 56.5 Å². The normalized spacial score (nSPS) is 41.1. The number of rotatable bonds is 3. The number of esters is 1. The van der Waals surface area contributed by atoms with E-state index < -0.39 is 147 Å². The predicted molar refractivity (Wildman–Crippen MR) is 263 cm³/mol. The highest BCUT2D eigenvalue weighted by Crippen LogP contribution is 2.39. The van der Waals surface area contributed by atoms with Crippen molar-refractivity contribution < 1.29 is 79.6 Å². The number of allylic oxidation sites excluding steroid dienone is 12. The van der Waals surface area contributed by atoms with E-state index in [1.165, 1.54) is 0 Å². The van der Waals surface area contributed by atoms with Crippen molar-refractivity contribution in [2.24, 2.45) is 23.5 Å². The van der Waals surface area contributed by atoms with Crippen LogP contribution in [0.25, 0.3) is 0 Å². The second-order valence-corrected chi connectivity index (χ2v) is 19.9. The molecule has 19 nitrogen and oxygen atoms in total. The molecule has 4 rings (SSSR count). The predicted octanol–water partition coefficient (Wildman–Crippen LogP) is 0.401. The van der Waals surface area contributed by atoms with Crippen LogP contribution >= 0.6 is 0 Å². The summed E-state index contributed by atoms with van der Waals surface area (Å²) in [5, 5.41) is 110. The first-order valence-electron chi connectivity index (χ1n) is 25.0. The molecule has 0 aliphatic carbocycles. The van der Waals surface area contributed by atoms with Crippen molar-refractivity contribution in [1.82, 2.24) is 9.80 Å². The quantitative estimate of drug-likeness (QED) is 0.171. The lowest BCUT2D eigenvalue weighted by Crippen LogP contribution is -2.62. The van der Waals surface area contributed by atoms with Crippen LogP contribution in [-0.4, -0.2) is 203 Å². The van der Waals surface area contributed by atoms with E-state index in [2.05, 4.69) is 4.90 Å². The van der Waals surface area contributed by atoms with Gasteiger partial charge in [0, 0.05) is 63.7 Å². The Labute approximate surface area is 418 Å². The average Bonchev–Trinajstić information content (AvgIpc) is 3.30. The average molecular weight is 1010 g/mol. The number of hydrogen-bond donors (Lipinski definition) is 11. The monoisotopic (exact) mass is 1010 g/mol. The number of fused-ring (bicyclic) bond motifs is 2. The third-order valence-corrected chi connectivity index (χ3v) is 13.8. The van der Waals surface area contributed by atoms with E-state index in [0.29, 0.717) is 26.2 Å². The van der Waals surface area contributed by atoms with Gasteiger partial charge >= 0.3 is 5.97 Å². The Hall–Kier alpha value is -3.48. The first kappa shape index (κ1) is 60.1. The Morgan fingerprint density at radius 3 is 1.85 bits per heavy atom. The number of ether oxygens (including phenoxy) is 4. The zero-order valence-corrected chi connectivity index (χ0v) is 41.9. The largest absolute Gasteiger partial charge is 0.462 e. The van der Waals surface area contributed by atoms with Crippen LogP contribution < -0.4 is 5.73 Å². The van der Waals surface area contributed by atoms with Gasteiger partial charge in [0.25, 0.3) is 0 Å². The van der Waals surface area contributed by atoms with Gasteiger partial charge in [-0.15, -0.1) is 0 Å². The van der Waals surface area contributed by atoms with Crippen LogP contribution in [0, 0.1) is 17.8 Å². The van der Waals surface area contributed by atoms with Gasteiger partial charge in [0.15, 0.2) is 12.1 Å². The topological polar surface area (TPSA) is 306 Å². The maximum absolute atomic E-state index is 14.3. The molecule has 0 aromatic rings. The van der Waals surface area contributed by atoms with Crippen molar-refractivity contribution in [2.75, 3.05) is 33.2 Å². The minimum Gasteiger partial charge on any atom is -0.462 e. The lowest BCUT2D eigenvalue weighted by Gasteiger charge is -2.47. The van der Waals surface area contributed by atoms with E-state index in [1.54, 1.807) is 68.2 Å². The van der Waals surface area contributed by atoms with Gasteiger partial charge in [-0.25, -0.2) is 0 Å². The van der Waals surface area contributed by atoms with Crippen molar-refractivity contribution >= 4 is 11.9 Å². The summed E-state index contributed by atoms with van der Waals surface area (Å²) in [4.78, 5) is 30.7. The SMILES string of the molecule is C[C@@H]1[C@H](O)[C@@H](C)C=CC=CC=CC=CC=CC=CC=C[C@H](O[C@@H]2O[C@H](C)[C@@H](O)[C@H](N)[C@@H]2O)C[C@@H]2O[C@](O)(C[C@@H](O)C[C@@H](O)[C@H](O)CC[C@@H](O)C[C@@H](O)CC(=O)O[C@H]1C)C[C@H](O)[C@H]2C(=O)N1CCN(C)CC1. The molecule has 0 saturated carbocycles. The molecule has 19 atom stereocenters. The van der Waals surface area contributed by atoms with Crippen molar-refractivity contribution in [1.29, 1.82) is 0 Å². The highest BCUT2D eigenvalue weighted by molar-refractivity contribution is 5.80. The maximum Gasteiger partial charge on any atom is 0.308 e. The van der Waals surface area contributed by atoms with Gasteiger partial charge in [-0.2, -0.15) is 0 Å². The number of likely N-dealkylation sites (N-methyl/N-ethyl adjacent to an activating group) is 1. The number of amides is 1. The van der Waals surface area contributed by atoms with Gasteiger partial charge in [-0.1, -0.05) is 98.9 Å². The lowest BCUT2D eigenvalue weighted by molar-refractivity contribution is -0.308. The summed E-state index contributed by atoms with van der Waals surface area (Å²) in [6, 6.07) is -1.12. The first-order chi connectivity index (χ1) is 33.6. The molecule has 0 spiro atoms.